The number of nitro groups is 1. The third-order valence-electron chi connectivity index (χ3n) is 7.68. The van der Waals surface area contributed by atoms with Crippen LogP contribution in [0.3, 0.4) is 0 Å². The number of carbonyl (C=O) groups excluding carboxylic acids is 1. The number of amides is 1. The lowest BCUT2D eigenvalue weighted by molar-refractivity contribution is -0.384. The maximum atomic E-state index is 13.4. The van der Waals surface area contributed by atoms with E-state index in [0.717, 1.165) is 60.1 Å². The highest BCUT2D eigenvalue weighted by Crippen LogP contribution is 2.36. The van der Waals surface area contributed by atoms with E-state index in [-0.39, 0.29) is 34.9 Å². The minimum absolute atomic E-state index is 0.0152. The Hall–Kier alpha value is -3.97. The van der Waals surface area contributed by atoms with E-state index < -0.39 is 0 Å². The second kappa shape index (κ2) is 13.9. The lowest BCUT2D eigenvalue weighted by Gasteiger charge is -2.21. The molecule has 2 unspecified atom stereocenters. The molecule has 0 aliphatic carbocycles. The zero-order valence-corrected chi connectivity index (χ0v) is 23.8. The van der Waals surface area contributed by atoms with Crippen LogP contribution < -0.4 is 5.32 Å². The van der Waals surface area contributed by atoms with Crippen LogP contribution in [0.1, 0.15) is 62.6 Å². The summed E-state index contributed by atoms with van der Waals surface area (Å²) in [5.41, 5.74) is 4.03. The van der Waals surface area contributed by atoms with E-state index in [0.29, 0.717) is 6.54 Å². The molecular weight excluding hydrogens is 500 g/mol. The molecule has 0 spiro atoms. The van der Waals surface area contributed by atoms with Crippen LogP contribution in [0.4, 0.5) is 5.69 Å². The maximum absolute atomic E-state index is 13.4. The Labute approximate surface area is 237 Å². The molecule has 1 heterocycles. The van der Waals surface area contributed by atoms with Crippen LogP contribution in [0.15, 0.2) is 85.1 Å². The molecule has 4 aromatic rings. The largest absolute Gasteiger partial charge is 0.354 e. The number of benzene rings is 3. The van der Waals surface area contributed by atoms with Gasteiger partial charge in [0.15, 0.2) is 0 Å². The fourth-order valence-electron chi connectivity index (χ4n) is 5.46. The zero-order valence-electron chi connectivity index (χ0n) is 23.8. The first-order valence-corrected chi connectivity index (χ1v) is 14.3. The number of nitro benzene ring substituents is 1. The molecule has 40 heavy (non-hydrogen) atoms. The van der Waals surface area contributed by atoms with Crippen LogP contribution in [-0.4, -0.2) is 46.0 Å². The van der Waals surface area contributed by atoms with Gasteiger partial charge in [-0.25, -0.2) is 0 Å². The van der Waals surface area contributed by atoms with E-state index in [4.69, 9.17) is 0 Å². The van der Waals surface area contributed by atoms with E-state index in [1.807, 2.05) is 54.6 Å². The van der Waals surface area contributed by atoms with Crippen molar-refractivity contribution in [3.63, 3.8) is 0 Å². The number of fused-ring (bicyclic) bond motifs is 1. The molecule has 0 fully saturated rings. The molecule has 7 nitrogen and oxygen atoms in total. The number of carbonyl (C=O) groups is 1. The first-order valence-electron chi connectivity index (χ1n) is 14.3. The molecule has 3 aromatic carbocycles. The molecule has 210 valence electrons. The molecule has 0 aliphatic heterocycles. The average Bonchev–Trinajstić information content (AvgIpc) is 3.32. The van der Waals surface area contributed by atoms with Crippen molar-refractivity contribution in [2.24, 2.45) is 0 Å². The Morgan fingerprint density at radius 3 is 2.33 bits per heavy atom. The number of rotatable bonds is 14. The van der Waals surface area contributed by atoms with Crippen molar-refractivity contribution >= 4 is 22.5 Å². The van der Waals surface area contributed by atoms with Gasteiger partial charge >= 0.3 is 0 Å². The van der Waals surface area contributed by atoms with Gasteiger partial charge in [-0.2, -0.15) is 0 Å². The van der Waals surface area contributed by atoms with Gasteiger partial charge in [0.1, 0.15) is 0 Å². The fourth-order valence-corrected chi connectivity index (χ4v) is 5.46. The normalized spacial score (nSPS) is 12.9. The van der Waals surface area contributed by atoms with Gasteiger partial charge in [0.2, 0.25) is 5.91 Å². The summed E-state index contributed by atoms with van der Waals surface area (Å²) in [4.78, 5) is 27.1. The van der Waals surface area contributed by atoms with Gasteiger partial charge in [0, 0.05) is 54.2 Å². The monoisotopic (exact) mass is 540 g/mol. The number of nitrogens with one attached hydrogen (secondary N) is 1. The zero-order chi connectivity index (χ0) is 28.5. The molecule has 7 heteroatoms. The van der Waals surface area contributed by atoms with Crippen molar-refractivity contribution in [1.82, 2.24) is 14.8 Å². The van der Waals surface area contributed by atoms with Gasteiger partial charge in [0.05, 0.1) is 4.92 Å². The summed E-state index contributed by atoms with van der Waals surface area (Å²) in [6.45, 7) is 10.1. The van der Waals surface area contributed by atoms with E-state index in [1.165, 1.54) is 0 Å². The highest BCUT2D eigenvalue weighted by Gasteiger charge is 2.25. The Kier molecular flexibility index (Phi) is 10.1. The van der Waals surface area contributed by atoms with E-state index >= 15 is 0 Å². The summed E-state index contributed by atoms with van der Waals surface area (Å²) in [7, 11) is 0. The Morgan fingerprint density at radius 1 is 1.00 bits per heavy atom. The second-order valence-corrected chi connectivity index (χ2v) is 10.5. The van der Waals surface area contributed by atoms with E-state index in [1.54, 1.807) is 12.1 Å². The minimum atomic E-state index is -0.359. The van der Waals surface area contributed by atoms with Crippen LogP contribution in [0.2, 0.25) is 0 Å². The first-order chi connectivity index (χ1) is 19.4. The lowest BCUT2D eigenvalue weighted by atomic mass is 9.88. The summed E-state index contributed by atoms with van der Waals surface area (Å²) in [6.07, 6.45) is 4.28. The van der Waals surface area contributed by atoms with Gasteiger partial charge in [-0.05, 0) is 62.2 Å². The van der Waals surface area contributed by atoms with Gasteiger partial charge in [-0.15, -0.1) is 0 Å². The van der Waals surface area contributed by atoms with Crippen LogP contribution in [0.25, 0.3) is 10.9 Å². The summed E-state index contributed by atoms with van der Waals surface area (Å²) in [6, 6.07) is 25.2. The smallest absolute Gasteiger partial charge is 0.270 e. The minimum Gasteiger partial charge on any atom is -0.354 e. The number of nitrogens with zero attached hydrogens (tertiary/aromatic N) is 3. The van der Waals surface area contributed by atoms with Crippen molar-refractivity contribution in [1.29, 1.82) is 0 Å². The predicted molar refractivity (Wildman–Crippen MR) is 162 cm³/mol. The van der Waals surface area contributed by atoms with Crippen LogP contribution in [0.5, 0.6) is 0 Å². The summed E-state index contributed by atoms with van der Waals surface area (Å²) < 4.78 is 2.13. The third-order valence-corrected chi connectivity index (χ3v) is 7.68. The molecule has 1 aromatic heterocycles. The predicted octanol–water partition coefficient (Wildman–Crippen LogP) is 6.75. The van der Waals surface area contributed by atoms with Crippen LogP contribution >= 0.6 is 0 Å². The van der Waals surface area contributed by atoms with Crippen molar-refractivity contribution in [3.8, 4) is 0 Å². The highest BCUT2D eigenvalue weighted by atomic mass is 16.6. The number of hydrogen-bond donors (Lipinski definition) is 1. The van der Waals surface area contributed by atoms with Gasteiger partial charge < -0.3 is 14.8 Å². The summed E-state index contributed by atoms with van der Waals surface area (Å²) >= 11 is 0. The Balaban J connectivity index is 1.64. The third kappa shape index (κ3) is 7.36. The van der Waals surface area contributed by atoms with Crippen molar-refractivity contribution < 1.29 is 9.72 Å². The molecule has 1 amide bonds. The lowest BCUT2D eigenvalue weighted by Crippen LogP contribution is -2.34. The van der Waals surface area contributed by atoms with Gasteiger partial charge in [-0.3, -0.25) is 14.9 Å². The van der Waals surface area contributed by atoms with E-state index in [9.17, 15) is 14.9 Å². The maximum Gasteiger partial charge on any atom is 0.270 e. The molecule has 0 saturated carbocycles. The standard InChI is InChI=1S/C33H40N4O3/c1-4-35(5-2)20-12-13-25(3)34-33(38)22-29(27-16-10-7-11-17-27)31-24-36(23-26-14-8-6-9-15-26)32-19-18-28(37(39)40)21-30(31)32/h6-11,14-19,21,24-25,29H,4-5,12-13,20,22-23H2,1-3H3,(H,34,38). The number of non-ortho nitro benzene ring substituents is 1. The van der Waals surface area contributed by atoms with E-state index in [2.05, 4.69) is 53.9 Å². The topological polar surface area (TPSA) is 80.4 Å². The van der Waals surface area contributed by atoms with Gasteiger partial charge in [-0.1, -0.05) is 74.5 Å². The first kappa shape index (κ1) is 29.0. The second-order valence-electron chi connectivity index (χ2n) is 10.5. The fraction of sp³-hybridized carbons (Fsp3) is 0.364. The quantitative estimate of drug-likeness (QED) is 0.142. The molecule has 1 N–H and O–H groups in total. The summed E-state index contributed by atoms with van der Waals surface area (Å²) in [5.74, 6) is -0.260. The van der Waals surface area contributed by atoms with Crippen LogP contribution in [-0.2, 0) is 11.3 Å². The molecule has 4 rings (SSSR count). The highest BCUT2D eigenvalue weighted by molar-refractivity contribution is 5.88. The van der Waals surface area contributed by atoms with Crippen molar-refractivity contribution in [2.45, 2.75) is 58.5 Å². The molecule has 0 bridgehead atoms. The SMILES string of the molecule is CCN(CC)CCCC(C)NC(=O)CC(c1ccccc1)c1cn(Cc2ccccc2)c2ccc([N+](=O)[O-])cc12. The van der Waals surface area contributed by atoms with Crippen LogP contribution in [0, 0.1) is 10.1 Å². The molecule has 0 radical (unpaired) electrons. The molecule has 0 aliphatic rings. The van der Waals surface area contributed by atoms with Gasteiger partial charge in [0.25, 0.3) is 5.69 Å². The number of aromatic nitrogens is 1. The summed E-state index contributed by atoms with van der Waals surface area (Å²) in [5, 5.41) is 15.7. The number of hydrogen-bond acceptors (Lipinski definition) is 4. The van der Waals surface area contributed by atoms with Crippen molar-refractivity contribution in [2.75, 3.05) is 19.6 Å². The van der Waals surface area contributed by atoms with Crippen molar-refractivity contribution in [3.05, 3.63) is 112 Å². The Bertz CT molecular complexity index is 1400. The molecular formula is C33H40N4O3. The molecule has 2 atom stereocenters. The average molecular weight is 541 g/mol. The molecule has 0 saturated heterocycles. The Morgan fingerprint density at radius 2 is 1.68 bits per heavy atom.